The van der Waals surface area contributed by atoms with E-state index in [9.17, 15) is 4.39 Å². The maximum absolute atomic E-state index is 13.3. The molecule has 0 unspecified atom stereocenters. The van der Waals surface area contributed by atoms with Crippen molar-refractivity contribution < 1.29 is 13.4 Å². The molecule has 0 saturated carbocycles. The Labute approximate surface area is 172 Å². The Morgan fingerprint density at radius 1 is 1.00 bits per heavy atom. The summed E-state index contributed by atoms with van der Waals surface area (Å²) in [6, 6.07) is 10.3. The fourth-order valence-corrected chi connectivity index (χ4v) is 4.43. The van der Waals surface area contributed by atoms with E-state index in [1.807, 2.05) is 18.2 Å². The minimum atomic E-state index is -0.300. The topological polar surface area (TPSA) is 55.3 Å². The van der Waals surface area contributed by atoms with Gasteiger partial charge in [0.15, 0.2) is 11.2 Å². The number of aryl methyl sites for hydroxylation is 1. The molecule has 1 aliphatic heterocycles. The van der Waals surface area contributed by atoms with Gasteiger partial charge >= 0.3 is 0 Å². The van der Waals surface area contributed by atoms with Crippen LogP contribution in [0.25, 0.3) is 21.9 Å². The molecule has 7 heteroatoms. The van der Waals surface area contributed by atoms with E-state index in [2.05, 4.69) is 15.2 Å². The summed E-state index contributed by atoms with van der Waals surface area (Å²) in [4.78, 5) is 2.48. The van der Waals surface area contributed by atoms with Crippen molar-refractivity contribution in [1.29, 1.82) is 0 Å². The first-order valence-electron chi connectivity index (χ1n) is 9.98. The molecule has 29 heavy (non-hydrogen) atoms. The van der Waals surface area contributed by atoms with Gasteiger partial charge in [0.1, 0.15) is 5.82 Å². The van der Waals surface area contributed by atoms with E-state index in [-0.39, 0.29) is 5.82 Å². The molecule has 0 atom stereocenters. The second-order valence-corrected chi connectivity index (χ2v) is 8.13. The Kier molecular flexibility index (Phi) is 4.97. The van der Waals surface area contributed by atoms with Crippen molar-refractivity contribution in [3.8, 4) is 0 Å². The van der Waals surface area contributed by atoms with Crippen LogP contribution >= 0.6 is 11.6 Å². The number of rotatable bonds is 5. The molecule has 2 aromatic heterocycles. The van der Waals surface area contributed by atoms with Crippen LogP contribution in [0.15, 0.2) is 45.4 Å². The number of piperidine rings is 1. The molecule has 2 aromatic carbocycles. The number of hydrogen-bond acceptors (Lipinski definition) is 5. The number of aromatic nitrogens is 2. The van der Waals surface area contributed by atoms with E-state index < -0.39 is 0 Å². The zero-order valence-electron chi connectivity index (χ0n) is 15.9. The number of hydrogen-bond donors (Lipinski definition) is 0. The minimum absolute atomic E-state index is 0.300. The maximum atomic E-state index is 13.3. The van der Waals surface area contributed by atoms with Gasteiger partial charge in [-0.25, -0.2) is 4.39 Å². The molecule has 0 N–H and O–H groups in total. The third-order valence-corrected chi connectivity index (χ3v) is 6.07. The van der Waals surface area contributed by atoms with E-state index in [1.165, 1.54) is 12.1 Å². The van der Waals surface area contributed by atoms with Gasteiger partial charge in [-0.3, -0.25) is 0 Å². The summed E-state index contributed by atoms with van der Waals surface area (Å²) in [6.07, 6.45) is 3.95. The van der Waals surface area contributed by atoms with E-state index in [0.29, 0.717) is 16.5 Å². The van der Waals surface area contributed by atoms with E-state index in [1.54, 1.807) is 6.07 Å². The zero-order valence-corrected chi connectivity index (χ0v) is 16.7. The van der Waals surface area contributed by atoms with E-state index >= 15 is 0 Å². The molecule has 0 amide bonds. The van der Waals surface area contributed by atoms with Crippen molar-refractivity contribution in [3.63, 3.8) is 0 Å². The monoisotopic (exact) mass is 413 g/mol. The van der Waals surface area contributed by atoms with Crippen LogP contribution in [0.5, 0.6) is 0 Å². The summed E-state index contributed by atoms with van der Waals surface area (Å²) in [7, 11) is 0. The van der Waals surface area contributed by atoms with Crippen LogP contribution in [0.2, 0.25) is 5.02 Å². The third-order valence-electron chi connectivity index (χ3n) is 5.83. The quantitative estimate of drug-likeness (QED) is 0.428. The van der Waals surface area contributed by atoms with Crippen molar-refractivity contribution in [1.82, 2.24) is 15.2 Å². The van der Waals surface area contributed by atoms with Crippen LogP contribution in [0, 0.1) is 5.82 Å². The minimum Gasteiger partial charge on any atom is -0.356 e. The van der Waals surface area contributed by atoms with Gasteiger partial charge in [-0.05, 0) is 69.6 Å². The van der Waals surface area contributed by atoms with Gasteiger partial charge < -0.3 is 13.9 Å². The van der Waals surface area contributed by atoms with Gasteiger partial charge in [-0.15, -0.1) is 0 Å². The fraction of sp³-hybridized carbons (Fsp3) is 0.364. The lowest BCUT2D eigenvalue weighted by atomic mass is 9.91. The number of fused-ring (bicyclic) bond motifs is 2. The van der Waals surface area contributed by atoms with Crippen molar-refractivity contribution in [3.05, 3.63) is 58.6 Å². The molecule has 0 radical (unpaired) electrons. The molecular formula is C22H21ClFN3O2. The Bertz CT molecular complexity index is 1140. The van der Waals surface area contributed by atoms with Crippen molar-refractivity contribution in [2.75, 3.05) is 19.6 Å². The van der Waals surface area contributed by atoms with Crippen LogP contribution in [0.4, 0.5) is 4.39 Å². The molecular weight excluding hydrogens is 393 g/mol. The summed E-state index contributed by atoms with van der Waals surface area (Å²) in [5, 5.41) is 11.1. The molecule has 0 spiro atoms. The van der Waals surface area contributed by atoms with Crippen molar-refractivity contribution >= 4 is 33.5 Å². The first-order chi connectivity index (χ1) is 14.2. The van der Waals surface area contributed by atoms with Gasteiger partial charge in [0, 0.05) is 33.8 Å². The van der Waals surface area contributed by atoms with Gasteiger partial charge in [0.2, 0.25) is 0 Å². The first kappa shape index (κ1) is 18.6. The van der Waals surface area contributed by atoms with Crippen LogP contribution in [-0.4, -0.2) is 34.8 Å². The SMILES string of the molecule is Fc1ccc2c(CCCN3CCC(c4noc5cc(Cl)ccc45)CC3)noc2c1. The lowest BCUT2D eigenvalue weighted by molar-refractivity contribution is 0.207. The Balaban J connectivity index is 1.16. The van der Waals surface area contributed by atoms with Gasteiger partial charge in [0.05, 0.1) is 11.4 Å². The molecule has 5 rings (SSSR count). The second-order valence-electron chi connectivity index (χ2n) is 7.70. The van der Waals surface area contributed by atoms with Gasteiger partial charge in [-0.2, -0.15) is 0 Å². The number of likely N-dealkylation sites (tertiary alicyclic amines) is 1. The highest BCUT2D eigenvalue weighted by Gasteiger charge is 2.25. The molecule has 1 fully saturated rings. The third kappa shape index (κ3) is 3.74. The Morgan fingerprint density at radius 3 is 2.62 bits per heavy atom. The summed E-state index contributed by atoms with van der Waals surface area (Å²) >= 11 is 6.04. The average Bonchev–Trinajstić information content (AvgIpc) is 3.32. The average molecular weight is 414 g/mol. The molecule has 5 nitrogen and oxygen atoms in total. The van der Waals surface area contributed by atoms with E-state index in [4.69, 9.17) is 20.6 Å². The highest BCUT2D eigenvalue weighted by molar-refractivity contribution is 6.31. The molecule has 3 heterocycles. The lowest BCUT2D eigenvalue weighted by Gasteiger charge is -2.31. The van der Waals surface area contributed by atoms with Crippen LogP contribution in [0.3, 0.4) is 0 Å². The number of nitrogens with zero attached hydrogens (tertiary/aromatic N) is 3. The molecule has 150 valence electrons. The summed E-state index contributed by atoms with van der Waals surface area (Å²) in [6.45, 7) is 3.09. The molecule has 0 bridgehead atoms. The number of benzene rings is 2. The lowest BCUT2D eigenvalue weighted by Crippen LogP contribution is -2.34. The van der Waals surface area contributed by atoms with Gasteiger partial charge in [0.25, 0.3) is 0 Å². The predicted octanol–water partition coefficient (Wildman–Crippen LogP) is 5.57. The summed E-state index contributed by atoms with van der Waals surface area (Å²) < 4.78 is 24.0. The zero-order chi connectivity index (χ0) is 19.8. The Hall–Kier alpha value is -2.44. The smallest absolute Gasteiger partial charge is 0.170 e. The first-order valence-corrected chi connectivity index (χ1v) is 10.4. The Morgan fingerprint density at radius 2 is 1.76 bits per heavy atom. The molecule has 1 aliphatic rings. The van der Waals surface area contributed by atoms with Gasteiger partial charge in [-0.1, -0.05) is 21.9 Å². The molecule has 1 saturated heterocycles. The highest BCUT2D eigenvalue weighted by atomic mass is 35.5. The van der Waals surface area contributed by atoms with Crippen LogP contribution in [0.1, 0.15) is 36.6 Å². The van der Waals surface area contributed by atoms with Crippen LogP contribution < -0.4 is 0 Å². The molecule has 4 aromatic rings. The summed E-state index contributed by atoms with van der Waals surface area (Å²) in [5.74, 6) is 0.120. The highest BCUT2D eigenvalue weighted by Crippen LogP contribution is 2.33. The van der Waals surface area contributed by atoms with Crippen molar-refractivity contribution in [2.45, 2.75) is 31.6 Å². The van der Waals surface area contributed by atoms with E-state index in [0.717, 1.165) is 73.1 Å². The fourth-order valence-electron chi connectivity index (χ4n) is 4.27. The summed E-state index contributed by atoms with van der Waals surface area (Å²) in [5.41, 5.74) is 3.23. The normalized spacial score (nSPS) is 16.2. The standard InChI is InChI=1S/C22H21ClFN3O2/c23-15-3-5-18-20(12-15)29-26-22(18)14-7-10-27(11-8-14)9-1-2-19-17-6-4-16(24)13-21(17)28-25-19/h3-6,12-14H,1-2,7-11H2. The molecule has 0 aliphatic carbocycles. The van der Waals surface area contributed by atoms with Crippen LogP contribution in [-0.2, 0) is 6.42 Å². The second kappa shape index (κ2) is 7.76. The predicted molar refractivity (Wildman–Crippen MR) is 110 cm³/mol. The maximum Gasteiger partial charge on any atom is 0.170 e. The number of halogens is 2. The van der Waals surface area contributed by atoms with Crippen molar-refractivity contribution in [2.24, 2.45) is 0 Å². The largest absolute Gasteiger partial charge is 0.356 e.